The fraction of sp³-hybridized carbons (Fsp3) is 0.143. The first kappa shape index (κ1) is 21.3. The second-order valence-electron chi connectivity index (χ2n) is 6.96. The minimum absolute atomic E-state index is 0.132. The van der Waals surface area contributed by atoms with E-state index in [1.165, 1.54) is 28.2 Å². The molecule has 2 aromatic heterocycles. The van der Waals surface area contributed by atoms with Gasteiger partial charge in [-0.3, -0.25) is 0 Å². The molecule has 2 heterocycles. The molecule has 0 aliphatic carbocycles. The Labute approximate surface area is 180 Å². The lowest BCUT2D eigenvalue weighted by Gasteiger charge is -2.11. The number of thiazole rings is 1. The molecule has 0 saturated carbocycles. The third-order valence-electron chi connectivity index (χ3n) is 4.74. The maximum absolute atomic E-state index is 14.4. The predicted octanol–water partition coefficient (Wildman–Crippen LogP) is 5.45. The highest BCUT2D eigenvalue weighted by Gasteiger charge is 2.20. The van der Waals surface area contributed by atoms with Crippen LogP contribution in [0.4, 0.5) is 13.2 Å². The first-order valence-electron chi connectivity index (χ1n) is 9.03. The average Bonchev–Trinajstić information content (AvgIpc) is 3.37. The SMILES string of the molecule is Cc1cc(-c2cc(C(F)F)nn2-c2ccc(S(C)(=O)=O)c(F)c2)ccc1-c1cscn1. The molecule has 0 aliphatic rings. The van der Waals surface area contributed by atoms with Crippen molar-refractivity contribution >= 4 is 21.2 Å². The van der Waals surface area contributed by atoms with Crippen LogP contribution < -0.4 is 0 Å². The number of aryl methyl sites for hydroxylation is 1. The van der Waals surface area contributed by atoms with Gasteiger partial charge >= 0.3 is 0 Å². The molecule has 0 unspecified atom stereocenters. The van der Waals surface area contributed by atoms with Crippen molar-refractivity contribution in [1.82, 2.24) is 14.8 Å². The molecule has 0 spiro atoms. The van der Waals surface area contributed by atoms with Gasteiger partial charge in [0.2, 0.25) is 0 Å². The van der Waals surface area contributed by atoms with Crippen molar-refractivity contribution in [2.45, 2.75) is 18.2 Å². The molecular weight excluding hydrogens is 447 g/mol. The standard InChI is InChI=1S/C21H16F3N3O2S2/c1-12-7-13(3-5-15(12)18-10-30-11-25-18)19-9-17(21(23)24)26-27(19)14-4-6-20(16(22)8-14)31(2,28)29/h3-11,21H,1-2H3. The van der Waals surface area contributed by atoms with Crippen LogP contribution in [-0.2, 0) is 9.84 Å². The minimum atomic E-state index is -3.76. The Morgan fingerprint density at radius 3 is 2.45 bits per heavy atom. The Morgan fingerprint density at radius 1 is 1.10 bits per heavy atom. The molecule has 0 amide bonds. The second-order valence-corrected chi connectivity index (χ2v) is 9.66. The van der Waals surface area contributed by atoms with Gasteiger partial charge in [-0.1, -0.05) is 12.1 Å². The number of benzene rings is 2. The van der Waals surface area contributed by atoms with Crippen LogP contribution in [0.15, 0.2) is 58.3 Å². The molecule has 160 valence electrons. The van der Waals surface area contributed by atoms with E-state index in [1.807, 2.05) is 24.4 Å². The minimum Gasteiger partial charge on any atom is -0.245 e. The fourth-order valence-electron chi connectivity index (χ4n) is 3.29. The summed E-state index contributed by atoms with van der Waals surface area (Å²) < 4.78 is 65.8. The molecule has 0 aliphatic heterocycles. The van der Waals surface area contributed by atoms with Crippen molar-refractivity contribution in [3.05, 3.63) is 70.4 Å². The van der Waals surface area contributed by atoms with E-state index in [9.17, 15) is 21.6 Å². The molecule has 0 fully saturated rings. The molecule has 31 heavy (non-hydrogen) atoms. The highest BCUT2D eigenvalue weighted by Crippen LogP contribution is 2.32. The zero-order valence-electron chi connectivity index (χ0n) is 16.4. The topological polar surface area (TPSA) is 64.8 Å². The van der Waals surface area contributed by atoms with Gasteiger partial charge in [0.15, 0.2) is 9.84 Å². The Morgan fingerprint density at radius 2 is 1.87 bits per heavy atom. The Hall–Kier alpha value is -2.98. The largest absolute Gasteiger partial charge is 0.282 e. The summed E-state index contributed by atoms with van der Waals surface area (Å²) >= 11 is 1.47. The molecule has 4 aromatic rings. The lowest BCUT2D eigenvalue weighted by Crippen LogP contribution is -2.05. The number of alkyl halides is 2. The first-order valence-corrected chi connectivity index (χ1v) is 11.9. The summed E-state index contributed by atoms with van der Waals surface area (Å²) in [6.07, 6.45) is -1.93. The summed E-state index contributed by atoms with van der Waals surface area (Å²) in [5, 5.41) is 5.84. The summed E-state index contributed by atoms with van der Waals surface area (Å²) in [6, 6.07) is 10.1. The van der Waals surface area contributed by atoms with Gasteiger partial charge in [0, 0.05) is 28.8 Å². The zero-order valence-corrected chi connectivity index (χ0v) is 18.0. The molecule has 0 N–H and O–H groups in total. The first-order chi connectivity index (χ1) is 14.6. The quantitative estimate of drug-likeness (QED) is 0.395. The van der Waals surface area contributed by atoms with Gasteiger partial charge in [0.1, 0.15) is 16.4 Å². The maximum atomic E-state index is 14.4. The van der Waals surface area contributed by atoms with Gasteiger partial charge < -0.3 is 0 Å². The third kappa shape index (κ3) is 4.13. The van der Waals surface area contributed by atoms with Crippen molar-refractivity contribution in [3.63, 3.8) is 0 Å². The highest BCUT2D eigenvalue weighted by atomic mass is 32.2. The van der Waals surface area contributed by atoms with E-state index in [1.54, 1.807) is 11.6 Å². The zero-order chi connectivity index (χ0) is 22.3. The number of halogens is 3. The van der Waals surface area contributed by atoms with Crippen molar-refractivity contribution < 1.29 is 21.6 Å². The molecule has 10 heteroatoms. The van der Waals surface area contributed by atoms with Crippen LogP contribution in [0, 0.1) is 12.7 Å². The van der Waals surface area contributed by atoms with Crippen molar-refractivity contribution in [2.24, 2.45) is 0 Å². The van der Waals surface area contributed by atoms with Crippen LogP contribution in [0.25, 0.3) is 28.2 Å². The maximum Gasteiger partial charge on any atom is 0.282 e. The van der Waals surface area contributed by atoms with E-state index in [2.05, 4.69) is 10.1 Å². The lowest BCUT2D eigenvalue weighted by molar-refractivity contribution is 0.145. The lowest BCUT2D eigenvalue weighted by atomic mass is 10.0. The van der Waals surface area contributed by atoms with E-state index in [4.69, 9.17) is 0 Å². The van der Waals surface area contributed by atoms with Crippen LogP contribution in [-0.4, -0.2) is 29.4 Å². The summed E-state index contributed by atoms with van der Waals surface area (Å²) in [6.45, 7) is 1.88. The van der Waals surface area contributed by atoms with E-state index in [0.29, 0.717) is 11.3 Å². The predicted molar refractivity (Wildman–Crippen MR) is 113 cm³/mol. The van der Waals surface area contributed by atoms with E-state index >= 15 is 0 Å². The van der Waals surface area contributed by atoms with Crippen LogP contribution in [0.2, 0.25) is 0 Å². The summed E-state index contributed by atoms with van der Waals surface area (Å²) in [5.41, 5.74) is 4.92. The van der Waals surface area contributed by atoms with Gasteiger partial charge in [0.25, 0.3) is 6.43 Å². The molecule has 0 radical (unpaired) electrons. The van der Waals surface area contributed by atoms with Crippen molar-refractivity contribution in [3.8, 4) is 28.2 Å². The van der Waals surface area contributed by atoms with Crippen molar-refractivity contribution in [1.29, 1.82) is 0 Å². The van der Waals surface area contributed by atoms with Gasteiger partial charge in [-0.15, -0.1) is 11.3 Å². The van der Waals surface area contributed by atoms with E-state index in [0.717, 1.165) is 35.2 Å². The number of rotatable bonds is 5. The van der Waals surface area contributed by atoms with Crippen LogP contribution >= 0.6 is 11.3 Å². The summed E-state index contributed by atoms with van der Waals surface area (Å²) in [7, 11) is -3.76. The van der Waals surface area contributed by atoms with E-state index in [-0.39, 0.29) is 5.69 Å². The fourth-order valence-corrected chi connectivity index (χ4v) is 4.57. The number of hydrogen-bond donors (Lipinski definition) is 0. The molecule has 5 nitrogen and oxygen atoms in total. The smallest absolute Gasteiger partial charge is 0.245 e. The molecular formula is C21H16F3N3O2S2. The number of nitrogens with zero attached hydrogens (tertiary/aromatic N) is 3. The highest BCUT2D eigenvalue weighted by molar-refractivity contribution is 7.90. The number of hydrogen-bond acceptors (Lipinski definition) is 5. The van der Waals surface area contributed by atoms with Crippen LogP contribution in [0.5, 0.6) is 0 Å². The van der Waals surface area contributed by atoms with Gasteiger partial charge in [0.05, 0.1) is 22.6 Å². The van der Waals surface area contributed by atoms with Gasteiger partial charge in [-0.25, -0.2) is 31.3 Å². The van der Waals surface area contributed by atoms with Crippen molar-refractivity contribution in [2.75, 3.05) is 6.26 Å². The summed E-state index contributed by atoms with van der Waals surface area (Å²) in [4.78, 5) is 3.82. The molecule has 0 atom stereocenters. The Balaban J connectivity index is 1.85. The second kappa shape index (κ2) is 7.93. The van der Waals surface area contributed by atoms with Gasteiger partial charge in [-0.05, 0) is 36.8 Å². The Kier molecular flexibility index (Phi) is 5.44. The van der Waals surface area contributed by atoms with Gasteiger partial charge in [-0.2, -0.15) is 5.10 Å². The molecule has 0 bridgehead atoms. The third-order valence-corrected chi connectivity index (χ3v) is 6.46. The van der Waals surface area contributed by atoms with Crippen LogP contribution in [0.1, 0.15) is 17.7 Å². The molecule has 4 rings (SSSR count). The average molecular weight is 464 g/mol. The summed E-state index contributed by atoms with van der Waals surface area (Å²) in [5.74, 6) is -0.977. The molecule has 2 aromatic carbocycles. The van der Waals surface area contributed by atoms with E-state index < -0.39 is 32.7 Å². The molecule has 0 saturated heterocycles. The van der Waals surface area contributed by atoms with Crippen LogP contribution in [0.3, 0.4) is 0 Å². The number of aromatic nitrogens is 3. The monoisotopic (exact) mass is 463 g/mol. The Bertz CT molecular complexity index is 1360. The normalized spacial score (nSPS) is 11.9. The number of sulfone groups is 1.